The molecule has 0 fully saturated rings. The van der Waals surface area contributed by atoms with E-state index in [0.717, 1.165) is 0 Å². The predicted molar refractivity (Wildman–Crippen MR) is 55.5 cm³/mol. The molecule has 8 heteroatoms. The standard InChI is InChI=1S/C8H13NO4S2.Na/c1-8(2,3)7-9-5(4-14-7)6(10)15(11,12)13;/h4,6,10H,1-3H3,(H,11,12,13);/q;+1/p-1. The first-order valence-corrected chi connectivity index (χ1v) is 6.56. The number of thiazole rings is 1. The largest absolute Gasteiger partial charge is 1.00 e. The van der Waals surface area contributed by atoms with Crippen molar-refractivity contribution in [3.63, 3.8) is 0 Å². The summed E-state index contributed by atoms with van der Waals surface area (Å²) in [5.41, 5.74) is -2.39. The van der Waals surface area contributed by atoms with E-state index in [-0.39, 0.29) is 40.7 Å². The predicted octanol–water partition coefficient (Wildman–Crippen LogP) is -2.02. The van der Waals surface area contributed by atoms with Gasteiger partial charge in [-0.05, 0) is 0 Å². The average molecular weight is 273 g/mol. The second-order valence-electron chi connectivity index (χ2n) is 4.17. The minimum absolute atomic E-state index is 0. The van der Waals surface area contributed by atoms with Crippen molar-refractivity contribution in [2.24, 2.45) is 0 Å². The third-order valence-electron chi connectivity index (χ3n) is 1.69. The molecule has 0 aliphatic heterocycles. The van der Waals surface area contributed by atoms with E-state index in [9.17, 15) is 18.1 Å². The molecule has 1 heterocycles. The molecule has 1 rings (SSSR count). The van der Waals surface area contributed by atoms with Gasteiger partial charge >= 0.3 is 29.6 Å². The van der Waals surface area contributed by atoms with E-state index in [1.54, 1.807) is 0 Å². The maximum atomic E-state index is 10.5. The Bertz CT molecular complexity index is 449. The molecule has 0 saturated heterocycles. The van der Waals surface area contributed by atoms with Crippen molar-refractivity contribution in [2.45, 2.75) is 31.6 Å². The second kappa shape index (κ2) is 5.43. The Balaban J connectivity index is 0.00000225. The number of aliphatic hydroxyl groups is 1. The molecule has 86 valence electrons. The van der Waals surface area contributed by atoms with Crippen molar-refractivity contribution in [3.8, 4) is 0 Å². The van der Waals surface area contributed by atoms with Gasteiger partial charge in [-0.3, -0.25) is 0 Å². The Labute approximate surface area is 121 Å². The molecule has 5 nitrogen and oxygen atoms in total. The smallest absolute Gasteiger partial charge is 0.746 e. The molecule has 16 heavy (non-hydrogen) atoms. The van der Waals surface area contributed by atoms with Crippen LogP contribution in [0.2, 0.25) is 0 Å². The van der Waals surface area contributed by atoms with Crippen LogP contribution in [-0.2, 0) is 15.5 Å². The van der Waals surface area contributed by atoms with Gasteiger partial charge in [0.15, 0.2) is 5.44 Å². The third kappa shape index (κ3) is 4.06. The van der Waals surface area contributed by atoms with E-state index >= 15 is 0 Å². The molecule has 1 atom stereocenters. The summed E-state index contributed by atoms with van der Waals surface area (Å²) in [7, 11) is -4.74. The molecule has 0 bridgehead atoms. The molecular weight excluding hydrogens is 261 g/mol. The van der Waals surface area contributed by atoms with E-state index in [1.165, 1.54) is 16.7 Å². The van der Waals surface area contributed by atoms with Gasteiger partial charge in [-0.25, -0.2) is 13.4 Å². The van der Waals surface area contributed by atoms with Gasteiger partial charge in [-0.2, -0.15) is 0 Å². The fourth-order valence-corrected chi connectivity index (χ4v) is 2.32. The quantitative estimate of drug-likeness (QED) is 0.496. The SMILES string of the molecule is CC(C)(C)c1nc(C(O)S(=O)(=O)[O-])cs1.[Na+]. The summed E-state index contributed by atoms with van der Waals surface area (Å²) >= 11 is 1.23. The Morgan fingerprint density at radius 1 is 1.50 bits per heavy atom. The molecule has 0 aromatic carbocycles. The van der Waals surface area contributed by atoms with Crippen LogP contribution in [0, 0.1) is 0 Å². The third-order valence-corrected chi connectivity index (χ3v) is 3.76. The van der Waals surface area contributed by atoms with Gasteiger partial charge in [-0.15, -0.1) is 11.3 Å². The molecule has 1 N–H and O–H groups in total. The van der Waals surface area contributed by atoms with E-state index in [0.29, 0.717) is 5.01 Å². The summed E-state index contributed by atoms with van der Waals surface area (Å²) in [6, 6.07) is 0. The van der Waals surface area contributed by atoms with Crippen LogP contribution in [0.3, 0.4) is 0 Å². The molecule has 0 aliphatic carbocycles. The first-order valence-electron chi connectivity index (χ1n) is 4.21. The van der Waals surface area contributed by atoms with Gasteiger partial charge in [0.2, 0.25) is 0 Å². The molecule has 0 saturated carbocycles. The Hall–Kier alpha value is 0.500. The van der Waals surface area contributed by atoms with Crippen molar-refractivity contribution in [1.82, 2.24) is 4.98 Å². The molecule has 1 unspecified atom stereocenters. The van der Waals surface area contributed by atoms with E-state index < -0.39 is 15.6 Å². The van der Waals surface area contributed by atoms with Crippen LogP contribution in [0.4, 0.5) is 0 Å². The number of rotatable bonds is 2. The normalized spacial score (nSPS) is 14.3. The van der Waals surface area contributed by atoms with Crippen LogP contribution >= 0.6 is 11.3 Å². The molecule has 0 aliphatic rings. The summed E-state index contributed by atoms with van der Waals surface area (Å²) in [6.45, 7) is 5.73. The number of aliphatic hydroxyl groups excluding tert-OH is 1. The number of hydrogen-bond acceptors (Lipinski definition) is 6. The van der Waals surface area contributed by atoms with E-state index in [2.05, 4.69) is 4.98 Å². The van der Waals surface area contributed by atoms with Gasteiger partial charge in [0.25, 0.3) is 0 Å². The topological polar surface area (TPSA) is 90.3 Å². The van der Waals surface area contributed by atoms with Crippen molar-refractivity contribution in [1.29, 1.82) is 0 Å². The zero-order valence-corrected chi connectivity index (χ0v) is 13.2. The molecule has 0 amide bonds. The van der Waals surface area contributed by atoms with Crippen molar-refractivity contribution >= 4 is 21.5 Å². The summed E-state index contributed by atoms with van der Waals surface area (Å²) in [5, 5.41) is 11.3. The summed E-state index contributed by atoms with van der Waals surface area (Å²) in [5.74, 6) is 0. The number of nitrogens with zero attached hydrogens (tertiary/aromatic N) is 1. The van der Waals surface area contributed by atoms with Crippen LogP contribution in [0.5, 0.6) is 0 Å². The fourth-order valence-electron chi connectivity index (χ4n) is 0.892. The summed E-state index contributed by atoms with van der Waals surface area (Å²) in [6.07, 6.45) is 0. The fraction of sp³-hybridized carbons (Fsp3) is 0.625. The monoisotopic (exact) mass is 273 g/mol. The second-order valence-corrected chi connectivity index (χ2v) is 6.46. The first kappa shape index (κ1) is 16.5. The summed E-state index contributed by atoms with van der Waals surface area (Å²) < 4.78 is 31.6. The zero-order valence-electron chi connectivity index (χ0n) is 9.59. The van der Waals surface area contributed by atoms with Gasteiger partial charge in [0.05, 0.1) is 10.7 Å². The Kier molecular flexibility index (Phi) is 5.60. The molecule has 0 spiro atoms. The number of hydrogen-bond donors (Lipinski definition) is 1. The molecule has 1 aromatic rings. The summed E-state index contributed by atoms with van der Waals surface area (Å²) in [4.78, 5) is 3.94. The molecule has 0 radical (unpaired) electrons. The van der Waals surface area contributed by atoms with E-state index in [1.807, 2.05) is 20.8 Å². The van der Waals surface area contributed by atoms with Crippen LogP contribution in [0.1, 0.15) is 36.9 Å². The first-order chi connectivity index (χ1) is 6.62. The van der Waals surface area contributed by atoms with Crippen molar-refractivity contribution in [2.75, 3.05) is 0 Å². The molecule has 1 aromatic heterocycles. The number of aromatic nitrogens is 1. The van der Waals surface area contributed by atoms with Gasteiger partial charge in [0, 0.05) is 10.8 Å². The molecular formula is C8H12NNaO4S2. The average Bonchev–Trinajstić information content (AvgIpc) is 2.47. The van der Waals surface area contributed by atoms with Gasteiger partial charge in [-0.1, -0.05) is 20.8 Å². The Morgan fingerprint density at radius 3 is 2.31 bits per heavy atom. The maximum Gasteiger partial charge on any atom is 1.00 e. The van der Waals surface area contributed by atoms with Crippen molar-refractivity contribution < 1.29 is 47.6 Å². The minimum Gasteiger partial charge on any atom is -0.746 e. The van der Waals surface area contributed by atoms with Crippen LogP contribution in [0.15, 0.2) is 5.38 Å². The Morgan fingerprint density at radius 2 is 2.00 bits per heavy atom. The zero-order chi connectivity index (χ0) is 11.9. The van der Waals surface area contributed by atoms with Crippen LogP contribution < -0.4 is 29.6 Å². The van der Waals surface area contributed by atoms with Gasteiger partial charge in [0.1, 0.15) is 10.1 Å². The van der Waals surface area contributed by atoms with E-state index in [4.69, 9.17) is 0 Å². The van der Waals surface area contributed by atoms with Crippen molar-refractivity contribution in [3.05, 3.63) is 16.1 Å². The minimum atomic E-state index is -4.74. The maximum absolute atomic E-state index is 10.5. The van der Waals surface area contributed by atoms with Crippen LogP contribution in [-0.4, -0.2) is 23.1 Å². The van der Waals surface area contributed by atoms with Gasteiger partial charge < -0.3 is 9.66 Å². The van der Waals surface area contributed by atoms with Crippen LogP contribution in [0.25, 0.3) is 0 Å².